The fourth-order valence-electron chi connectivity index (χ4n) is 1.83. The Bertz CT molecular complexity index is 529. The highest BCUT2D eigenvalue weighted by atomic mass is 16.5. The fraction of sp³-hybridized carbons (Fsp3) is 0.250. The minimum absolute atomic E-state index is 0.674. The molecule has 4 nitrogen and oxygen atoms in total. The van der Waals surface area contributed by atoms with E-state index in [-0.39, 0.29) is 0 Å². The number of ether oxygens (including phenoxy) is 2. The van der Waals surface area contributed by atoms with Crippen LogP contribution in [-0.2, 0) is 0 Å². The van der Waals surface area contributed by atoms with Gasteiger partial charge >= 0.3 is 0 Å². The lowest BCUT2D eigenvalue weighted by molar-refractivity contribution is 0.315. The molecule has 0 fully saturated rings. The second kappa shape index (κ2) is 7.28. The molecule has 0 heterocycles. The average molecular weight is 272 g/mol. The molecule has 20 heavy (non-hydrogen) atoms. The predicted octanol–water partition coefficient (Wildman–Crippen LogP) is 3.16. The minimum atomic E-state index is 0.674. The van der Waals surface area contributed by atoms with Crippen molar-refractivity contribution in [3.63, 3.8) is 0 Å². The molecule has 2 rings (SSSR count). The van der Waals surface area contributed by atoms with Gasteiger partial charge in [0.1, 0.15) is 11.5 Å². The number of benzene rings is 2. The van der Waals surface area contributed by atoms with Gasteiger partial charge in [0.2, 0.25) is 0 Å². The summed E-state index contributed by atoms with van der Waals surface area (Å²) < 4.78 is 10.7. The number of hydrogen-bond acceptors (Lipinski definition) is 4. The first-order chi connectivity index (χ1) is 9.79. The van der Waals surface area contributed by atoms with Gasteiger partial charge in [-0.3, -0.25) is 0 Å². The van der Waals surface area contributed by atoms with Crippen molar-refractivity contribution in [1.82, 2.24) is 0 Å². The Morgan fingerprint density at radius 2 is 1.85 bits per heavy atom. The Morgan fingerprint density at radius 1 is 1.05 bits per heavy atom. The molecule has 0 spiro atoms. The lowest BCUT2D eigenvalue weighted by Gasteiger charge is -2.11. The van der Waals surface area contributed by atoms with E-state index in [0.29, 0.717) is 12.3 Å². The first kappa shape index (κ1) is 14.1. The molecule has 0 aliphatic carbocycles. The van der Waals surface area contributed by atoms with Crippen molar-refractivity contribution >= 4 is 11.4 Å². The van der Waals surface area contributed by atoms with E-state index in [1.165, 1.54) is 0 Å². The lowest BCUT2D eigenvalue weighted by atomic mass is 10.2. The van der Waals surface area contributed by atoms with Gasteiger partial charge in [-0.25, -0.2) is 0 Å². The lowest BCUT2D eigenvalue weighted by Crippen LogP contribution is -2.08. The summed E-state index contributed by atoms with van der Waals surface area (Å²) >= 11 is 0. The van der Waals surface area contributed by atoms with Gasteiger partial charge in [-0.2, -0.15) is 0 Å². The van der Waals surface area contributed by atoms with Crippen LogP contribution in [0.1, 0.15) is 6.42 Å². The van der Waals surface area contributed by atoms with E-state index in [1.807, 2.05) is 48.5 Å². The van der Waals surface area contributed by atoms with Gasteiger partial charge in [0.25, 0.3) is 0 Å². The molecule has 0 unspecified atom stereocenters. The summed E-state index contributed by atoms with van der Waals surface area (Å²) in [5.41, 5.74) is 7.54. The fourth-order valence-corrected chi connectivity index (χ4v) is 1.83. The van der Waals surface area contributed by atoms with E-state index in [0.717, 1.165) is 30.2 Å². The normalized spacial score (nSPS) is 10.1. The Balaban J connectivity index is 1.71. The summed E-state index contributed by atoms with van der Waals surface area (Å²) in [7, 11) is 1.63. The Kier molecular flexibility index (Phi) is 5.12. The zero-order valence-corrected chi connectivity index (χ0v) is 11.6. The van der Waals surface area contributed by atoms with Crippen LogP contribution in [0, 0.1) is 0 Å². The molecule has 0 atom stereocenters. The number of hydrogen-bond donors (Lipinski definition) is 2. The van der Waals surface area contributed by atoms with E-state index < -0.39 is 0 Å². The minimum Gasteiger partial charge on any atom is -0.497 e. The Labute approximate surface area is 119 Å². The molecule has 2 aromatic rings. The zero-order valence-electron chi connectivity index (χ0n) is 11.6. The van der Waals surface area contributed by atoms with E-state index >= 15 is 0 Å². The summed E-state index contributed by atoms with van der Waals surface area (Å²) in [4.78, 5) is 0. The third kappa shape index (κ3) is 4.09. The summed E-state index contributed by atoms with van der Waals surface area (Å²) in [6.07, 6.45) is 0.903. The quantitative estimate of drug-likeness (QED) is 0.600. The average Bonchev–Trinajstić information content (AvgIpc) is 2.49. The van der Waals surface area contributed by atoms with Crippen LogP contribution in [0.25, 0.3) is 0 Å². The number of para-hydroxylation sites is 1. The standard InChI is InChI=1S/C16H20N2O2/c1-19-14-8-9-16(15(17)12-14)18-10-5-11-20-13-6-3-2-4-7-13/h2-4,6-9,12,18H,5,10-11,17H2,1H3. The largest absolute Gasteiger partial charge is 0.497 e. The molecule has 2 aromatic carbocycles. The number of nitrogens with one attached hydrogen (secondary N) is 1. The van der Waals surface area contributed by atoms with Gasteiger partial charge < -0.3 is 20.5 Å². The van der Waals surface area contributed by atoms with Crippen LogP contribution in [0.2, 0.25) is 0 Å². The molecule has 0 saturated heterocycles. The zero-order chi connectivity index (χ0) is 14.2. The molecule has 0 aliphatic heterocycles. The molecule has 0 bridgehead atoms. The topological polar surface area (TPSA) is 56.5 Å². The highest BCUT2D eigenvalue weighted by Gasteiger charge is 2.00. The van der Waals surface area contributed by atoms with Gasteiger partial charge in [0, 0.05) is 12.6 Å². The molecule has 0 amide bonds. The SMILES string of the molecule is COc1ccc(NCCCOc2ccccc2)c(N)c1. The van der Waals surface area contributed by atoms with Crippen LogP contribution in [0.5, 0.6) is 11.5 Å². The van der Waals surface area contributed by atoms with Crippen molar-refractivity contribution < 1.29 is 9.47 Å². The van der Waals surface area contributed by atoms with Gasteiger partial charge in [0.05, 0.1) is 25.1 Å². The maximum atomic E-state index is 5.93. The molecular weight excluding hydrogens is 252 g/mol. The summed E-state index contributed by atoms with van der Waals surface area (Å²) in [6, 6.07) is 15.4. The van der Waals surface area contributed by atoms with Gasteiger partial charge in [-0.15, -0.1) is 0 Å². The number of anilines is 2. The summed E-state index contributed by atoms with van der Waals surface area (Å²) in [5, 5.41) is 3.29. The van der Waals surface area contributed by atoms with Crippen LogP contribution in [-0.4, -0.2) is 20.3 Å². The second-order valence-electron chi connectivity index (χ2n) is 4.40. The van der Waals surface area contributed by atoms with Crippen LogP contribution in [0.4, 0.5) is 11.4 Å². The molecule has 0 saturated carbocycles. The van der Waals surface area contributed by atoms with Crippen molar-refractivity contribution in [2.45, 2.75) is 6.42 Å². The third-order valence-electron chi connectivity index (χ3n) is 2.91. The molecule has 0 radical (unpaired) electrons. The Hall–Kier alpha value is -2.36. The molecule has 0 aliphatic rings. The van der Waals surface area contributed by atoms with E-state index in [2.05, 4.69) is 5.32 Å². The summed E-state index contributed by atoms with van der Waals surface area (Å²) in [5.74, 6) is 1.66. The number of methoxy groups -OCH3 is 1. The van der Waals surface area contributed by atoms with Crippen LogP contribution < -0.4 is 20.5 Å². The van der Waals surface area contributed by atoms with Crippen LogP contribution >= 0.6 is 0 Å². The van der Waals surface area contributed by atoms with Crippen LogP contribution in [0.3, 0.4) is 0 Å². The maximum Gasteiger partial charge on any atom is 0.121 e. The van der Waals surface area contributed by atoms with Crippen molar-refractivity contribution in [1.29, 1.82) is 0 Å². The van der Waals surface area contributed by atoms with Crippen molar-refractivity contribution in [2.24, 2.45) is 0 Å². The monoisotopic (exact) mass is 272 g/mol. The second-order valence-corrected chi connectivity index (χ2v) is 4.40. The third-order valence-corrected chi connectivity index (χ3v) is 2.91. The van der Waals surface area contributed by atoms with Gasteiger partial charge in [0.15, 0.2) is 0 Å². The van der Waals surface area contributed by atoms with Crippen molar-refractivity contribution in [3.05, 3.63) is 48.5 Å². The number of nitrogen functional groups attached to an aromatic ring is 1. The molecular formula is C16H20N2O2. The number of rotatable bonds is 7. The van der Waals surface area contributed by atoms with Gasteiger partial charge in [-0.1, -0.05) is 18.2 Å². The van der Waals surface area contributed by atoms with Crippen molar-refractivity contribution in [2.75, 3.05) is 31.3 Å². The van der Waals surface area contributed by atoms with Crippen molar-refractivity contribution in [3.8, 4) is 11.5 Å². The maximum absolute atomic E-state index is 5.93. The van der Waals surface area contributed by atoms with E-state index in [9.17, 15) is 0 Å². The molecule has 3 N–H and O–H groups in total. The van der Waals surface area contributed by atoms with E-state index in [1.54, 1.807) is 7.11 Å². The van der Waals surface area contributed by atoms with E-state index in [4.69, 9.17) is 15.2 Å². The molecule has 106 valence electrons. The smallest absolute Gasteiger partial charge is 0.121 e. The first-order valence-corrected chi connectivity index (χ1v) is 6.65. The predicted molar refractivity (Wildman–Crippen MR) is 82.5 cm³/mol. The summed E-state index contributed by atoms with van der Waals surface area (Å²) in [6.45, 7) is 1.48. The highest BCUT2D eigenvalue weighted by Crippen LogP contribution is 2.23. The molecule has 0 aromatic heterocycles. The van der Waals surface area contributed by atoms with Crippen LogP contribution in [0.15, 0.2) is 48.5 Å². The highest BCUT2D eigenvalue weighted by molar-refractivity contribution is 5.68. The number of nitrogens with two attached hydrogens (primary N) is 1. The first-order valence-electron chi connectivity index (χ1n) is 6.65. The van der Waals surface area contributed by atoms with Gasteiger partial charge in [-0.05, 0) is 30.7 Å². The Morgan fingerprint density at radius 3 is 2.55 bits per heavy atom. The molecule has 4 heteroatoms.